The Hall–Kier alpha value is -3.67. The summed E-state index contributed by atoms with van der Waals surface area (Å²) >= 11 is 0. The Labute approximate surface area is 200 Å². The van der Waals surface area contributed by atoms with Crippen LogP contribution in [0.3, 0.4) is 0 Å². The number of fused-ring (bicyclic) bond motifs is 1. The monoisotopic (exact) mass is 453 g/mol. The number of aromatic nitrogens is 3. The Morgan fingerprint density at radius 1 is 0.912 bits per heavy atom. The third kappa shape index (κ3) is 4.40. The van der Waals surface area contributed by atoms with Crippen LogP contribution in [0.2, 0.25) is 0 Å². The normalized spacial score (nSPS) is 14.5. The first-order valence-electron chi connectivity index (χ1n) is 11.9. The number of hydrogen-bond donors (Lipinski definition) is 1. The maximum atomic E-state index is 12.9. The largest absolute Gasteiger partial charge is 0.356 e. The fourth-order valence-corrected chi connectivity index (χ4v) is 4.61. The highest BCUT2D eigenvalue weighted by Crippen LogP contribution is 2.28. The Morgan fingerprint density at radius 2 is 1.65 bits per heavy atom. The molecule has 1 saturated heterocycles. The van der Waals surface area contributed by atoms with Crippen LogP contribution in [-0.2, 0) is 4.79 Å². The molecule has 4 aromatic rings. The summed E-state index contributed by atoms with van der Waals surface area (Å²) in [6.07, 6.45) is 1.62. The van der Waals surface area contributed by atoms with Gasteiger partial charge in [-0.25, -0.2) is 4.98 Å². The van der Waals surface area contributed by atoms with E-state index in [0.717, 1.165) is 60.0 Å². The molecule has 0 aliphatic carbocycles. The first-order valence-corrected chi connectivity index (χ1v) is 11.9. The van der Waals surface area contributed by atoms with Crippen LogP contribution in [0.5, 0.6) is 0 Å². The van der Waals surface area contributed by atoms with Gasteiger partial charge in [0.2, 0.25) is 5.91 Å². The van der Waals surface area contributed by atoms with Gasteiger partial charge in [0.15, 0.2) is 5.65 Å². The molecule has 1 aliphatic heterocycles. The van der Waals surface area contributed by atoms with E-state index in [2.05, 4.69) is 67.4 Å². The van der Waals surface area contributed by atoms with Crippen LogP contribution in [-0.4, -0.2) is 33.6 Å². The van der Waals surface area contributed by atoms with E-state index in [0.29, 0.717) is 0 Å². The molecule has 0 spiro atoms. The molecule has 0 saturated carbocycles. The van der Waals surface area contributed by atoms with Crippen molar-refractivity contribution in [2.75, 3.05) is 23.3 Å². The summed E-state index contributed by atoms with van der Waals surface area (Å²) in [5.41, 5.74) is 8.34. The molecular formula is C28H31N5O. The highest BCUT2D eigenvalue weighted by atomic mass is 16.1. The van der Waals surface area contributed by atoms with Gasteiger partial charge in [0.1, 0.15) is 5.82 Å². The van der Waals surface area contributed by atoms with Crippen LogP contribution in [0.15, 0.2) is 54.6 Å². The van der Waals surface area contributed by atoms with Crippen molar-refractivity contribution in [3.63, 3.8) is 0 Å². The average Bonchev–Trinajstić information content (AvgIpc) is 3.25. The van der Waals surface area contributed by atoms with Crippen molar-refractivity contribution in [2.24, 2.45) is 5.92 Å². The Bertz CT molecular complexity index is 1350. The van der Waals surface area contributed by atoms with Crippen molar-refractivity contribution < 1.29 is 4.79 Å². The van der Waals surface area contributed by atoms with Crippen molar-refractivity contribution >= 4 is 23.1 Å². The van der Waals surface area contributed by atoms with Crippen LogP contribution < -0.4 is 10.2 Å². The Morgan fingerprint density at radius 3 is 2.35 bits per heavy atom. The number of anilines is 2. The Balaban J connectivity index is 1.32. The molecule has 0 atom stereocenters. The highest BCUT2D eigenvalue weighted by molar-refractivity contribution is 5.92. The number of rotatable bonds is 4. The number of benzene rings is 2. The van der Waals surface area contributed by atoms with Gasteiger partial charge in [0.05, 0.1) is 5.69 Å². The van der Waals surface area contributed by atoms with Crippen LogP contribution in [0.25, 0.3) is 16.9 Å². The first-order chi connectivity index (χ1) is 16.4. The molecule has 1 aliphatic rings. The third-order valence-corrected chi connectivity index (χ3v) is 6.85. The fourth-order valence-electron chi connectivity index (χ4n) is 4.61. The fraction of sp³-hybridized carbons (Fsp3) is 0.321. The van der Waals surface area contributed by atoms with Crippen molar-refractivity contribution in [3.05, 3.63) is 77.0 Å². The molecule has 174 valence electrons. The number of piperidine rings is 1. The van der Waals surface area contributed by atoms with E-state index < -0.39 is 0 Å². The molecule has 2 aromatic carbocycles. The number of aryl methyl sites for hydroxylation is 4. The minimum atomic E-state index is 0.0111. The predicted octanol–water partition coefficient (Wildman–Crippen LogP) is 5.49. The molecule has 2 aromatic heterocycles. The van der Waals surface area contributed by atoms with Crippen molar-refractivity contribution in [1.82, 2.24) is 14.6 Å². The number of nitrogens with zero attached hydrogens (tertiary/aromatic N) is 4. The highest BCUT2D eigenvalue weighted by Gasteiger charge is 2.27. The van der Waals surface area contributed by atoms with Crippen molar-refractivity contribution in [3.8, 4) is 11.3 Å². The van der Waals surface area contributed by atoms with Gasteiger partial charge in [-0.15, -0.1) is 0 Å². The third-order valence-electron chi connectivity index (χ3n) is 6.85. The van der Waals surface area contributed by atoms with Gasteiger partial charge in [-0.3, -0.25) is 4.79 Å². The minimum absolute atomic E-state index is 0.0111. The maximum absolute atomic E-state index is 12.9. The molecule has 3 heterocycles. The molecule has 6 nitrogen and oxygen atoms in total. The number of carbonyl (C=O) groups excluding carboxylic acids is 1. The number of nitrogens with one attached hydrogen (secondary N) is 1. The maximum Gasteiger partial charge on any atom is 0.227 e. The van der Waals surface area contributed by atoms with E-state index >= 15 is 0 Å². The zero-order valence-corrected chi connectivity index (χ0v) is 20.3. The van der Waals surface area contributed by atoms with Crippen LogP contribution in [0.1, 0.15) is 35.2 Å². The van der Waals surface area contributed by atoms with Gasteiger partial charge in [-0.2, -0.15) is 9.61 Å². The van der Waals surface area contributed by atoms with Gasteiger partial charge in [-0.05, 0) is 63.8 Å². The zero-order chi connectivity index (χ0) is 23.8. The van der Waals surface area contributed by atoms with E-state index in [1.165, 1.54) is 16.7 Å². The summed E-state index contributed by atoms with van der Waals surface area (Å²) in [5.74, 6) is 1.16. The van der Waals surface area contributed by atoms with Gasteiger partial charge in [-0.1, -0.05) is 35.9 Å². The summed E-state index contributed by atoms with van der Waals surface area (Å²) in [7, 11) is 0. The summed E-state index contributed by atoms with van der Waals surface area (Å²) in [6, 6.07) is 18.6. The lowest BCUT2D eigenvalue weighted by atomic mass is 9.95. The van der Waals surface area contributed by atoms with Crippen molar-refractivity contribution in [2.45, 2.75) is 40.5 Å². The van der Waals surface area contributed by atoms with Crippen molar-refractivity contribution in [1.29, 1.82) is 0 Å². The second-order valence-corrected chi connectivity index (χ2v) is 9.47. The summed E-state index contributed by atoms with van der Waals surface area (Å²) < 4.78 is 1.94. The van der Waals surface area contributed by atoms with Crippen LogP contribution in [0, 0.1) is 33.6 Å². The van der Waals surface area contributed by atoms with E-state index in [9.17, 15) is 4.79 Å². The standard InChI is InChI=1S/C28H31N5O/c1-18-5-8-22(9-6-18)25-17-26-29-21(4)16-27(33(26)31-25)32-13-11-23(12-14-32)28(34)30-24-10-7-19(2)20(3)15-24/h5-10,15-17,23H,11-14H2,1-4H3,(H,30,34). The minimum Gasteiger partial charge on any atom is -0.356 e. The summed E-state index contributed by atoms with van der Waals surface area (Å²) in [5, 5.41) is 8.00. The molecular weight excluding hydrogens is 422 g/mol. The zero-order valence-electron chi connectivity index (χ0n) is 20.3. The number of hydrogen-bond acceptors (Lipinski definition) is 4. The van der Waals surface area contributed by atoms with Gasteiger partial charge < -0.3 is 10.2 Å². The van der Waals surface area contributed by atoms with E-state index in [4.69, 9.17) is 10.1 Å². The lowest BCUT2D eigenvalue weighted by Crippen LogP contribution is -2.39. The molecule has 1 N–H and O–H groups in total. The molecule has 34 heavy (non-hydrogen) atoms. The molecule has 5 rings (SSSR count). The smallest absolute Gasteiger partial charge is 0.227 e. The van der Waals surface area contributed by atoms with Crippen LogP contribution >= 0.6 is 0 Å². The molecule has 1 fully saturated rings. The van der Waals surface area contributed by atoms with E-state index in [-0.39, 0.29) is 11.8 Å². The summed E-state index contributed by atoms with van der Waals surface area (Å²) in [6.45, 7) is 9.87. The predicted molar refractivity (Wildman–Crippen MR) is 137 cm³/mol. The van der Waals surface area contributed by atoms with Gasteiger partial charge in [0, 0.05) is 48.1 Å². The Kier molecular flexibility index (Phi) is 5.82. The topological polar surface area (TPSA) is 62.5 Å². The van der Waals surface area contributed by atoms with Gasteiger partial charge in [0.25, 0.3) is 0 Å². The van der Waals surface area contributed by atoms with Gasteiger partial charge >= 0.3 is 0 Å². The molecule has 0 radical (unpaired) electrons. The molecule has 1 amide bonds. The number of carbonyl (C=O) groups is 1. The molecule has 0 bridgehead atoms. The van der Waals surface area contributed by atoms with Crippen LogP contribution in [0.4, 0.5) is 11.5 Å². The SMILES string of the molecule is Cc1ccc(-c2cc3nc(C)cc(N4CCC(C(=O)Nc5ccc(C)c(C)c5)CC4)n3n2)cc1. The van der Waals surface area contributed by atoms with E-state index in [1.54, 1.807) is 0 Å². The first kappa shape index (κ1) is 22.1. The molecule has 6 heteroatoms. The number of amides is 1. The summed E-state index contributed by atoms with van der Waals surface area (Å²) in [4.78, 5) is 19.9. The lowest BCUT2D eigenvalue weighted by molar-refractivity contribution is -0.120. The van der Waals surface area contributed by atoms with E-state index in [1.807, 2.05) is 29.6 Å². The second kappa shape index (κ2) is 8.93. The second-order valence-electron chi connectivity index (χ2n) is 9.47. The average molecular weight is 454 g/mol. The molecule has 0 unspecified atom stereocenters. The quantitative estimate of drug-likeness (QED) is 0.444. The lowest BCUT2D eigenvalue weighted by Gasteiger charge is -2.33.